The van der Waals surface area contributed by atoms with Crippen LogP contribution in [0.1, 0.15) is 12.5 Å². The summed E-state index contributed by atoms with van der Waals surface area (Å²) in [5, 5.41) is 8.86. The van der Waals surface area contributed by atoms with Crippen molar-refractivity contribution in [2.75, 3.05) is 23.7 Å². The second-order valence-corrected chi connectivity index (χ2v) is 6.19. The highest BCUT2D eigenvalue weighted by Crippen LogP contribution is 2.28. The van der Waals surface area contributed by atoms with E-state index in [0.717, 1.165) is 30.1 Å². The molecule has 0 spiro atoms. The van der Waals surface area contributed by atoms with Crippen molar-refractivity contribution in [2.45, 2.75) is 12.2 Å². The first kappa shape index (κ1) is 12.6. The minimum Gasteiger partial charge on any atom is -0.384 e. The molecule has 0 radical (unpaired) electrons. The quantitative estimate of drug-likeness (QED) is 0.641. The molecule has 0 aliphatic carbocycles. The number of rotatable bonds is 2. The van der Waals surface area contributed by atoms with Crippen molar-refractivity contribution in [3.8, 4) is 0 Å². The zero-order valence-corrected chi connectivity index (χ0v) is 11.3. The molecule has 0 amide bonds. The van der Waals surface area contributed by atoms with Crippen LogP contribution >= 0.6 is 23.4 Å². The number of hydrogen-bond donors (Lipinski definition) is 2. The van der Waals surface area contributed by atoms with Gasteiger partial charge in [-0.25, -0.2) is 0 Å². The van der Waals surface area contributed by atoms with Gasteiger partial charge in [0.15, 0.2) is 0 Å². The largest absolute Gasteiger partial charge is 0.384 e. The molecule has 1 aliphatic heterocycles. The molecule has 17 heavy (non-hydrogen) atoms. The summed E-state index contributed by atoms with van der Waals surface area (Å²) in [5.41, 5.74) is 7.37. The van der Waals surface area contributed by atoms with Crippen LogP contribution in [-0.2, 0) is 0 Å². The van der Waals surface area contributed by atoms with Gasteiger partial charge in [0.05, 0.1) is 0 Å². The fraction of sp³-hybridized carbons (Fsp3) is 0.417. The summed E-state index contributed by atoms with van der Waals surface area (Å²) in [5.74, 6) is 1.19. The molecular formula is C12H16ClN3S. The fourth-order valence-electron chi connectivity index (χ4n) is 2.04. The first-order valence-electron chi connectivity index (χ1n) is 5.58. The Kier molecular flexibility index (Phi) is 3.84. The lowest BCUT2D eigenvalue weighted by molar-refractivity contribution is 0.782. The van der Waals surface area contributed by atoms with E-state index in [9.17, 15) is 0 Å². The molecule has 1 unspecified atom stereocenters. The average Bonchev–Trinajstić information content (AvgIpc) is 2.28. The second kappa shape index (κ2) is 5.19. The summed E-state index contributed by atoms with van der Waals surface area (Å²) >= 11 is 7.93. The normalized spacial score (nSPS) is 20.4. The van der Waals surface area contributed by atoms with Crippen LogP contribution in [-0.4, -0.2) is 29.9 Å². The molecule has 1 saturated heterocycles. The highest BCUT2D eigenvalue weighted by Gasteiger charge is 2.20. The molecule has 1 aliphatic rings. The van der Waals surface area contributed by atoms with Crippen molar-refractivity contribution < 1.29 is 0 Å². The number of nitrogens with zero attached hydrogens (tertiary/aromatic N) is 1. The van der Waals surface area contributed by atoms with Crippen molar-refractivity contribution in [2.24, 2.45) is 5.73 Å². The maximum absolute atomic E-state index is 7.63. The average molecular weight is 270 g/mol. The molecule has 0 aromatic heterocycles. The monoisotopic (exact) mass is 269 g/mol. The Morgan fingerprint density at radius 1 is 1.59 bits per heavy atom. The Morgan fingerprint density at radius 2 is 2.35 bits per heavy atom. The van der Waals surface area contributed by atoms with Crippen molar-refractivity contribution in [3.63, 3.8) is 0 Å². The van der Waals surface area contributed by atoms with E-state index >= 15 is 0 Å². The minimum atomic E-state index is 0.0772. The molecule has 1 aromatic carbocycles. The molecule has 1 atom stereocenters. The minimum absolute atomic E-state index is 0.0772. The maximum Gasteiger partial charge on any atom is 0.124 e. The van der Waals surface area contributed by atoms with Gasteiger partial charge >= 0.3 is 0 Å². The number of nitrogen functional groups attached to an aromatic ring is 1. The van der Waals surface area contributed by atoms with Gasteiger partial charge in [0, 0.05) is 40.4 Å². The maximum atomic E-state index is 7.63. The first-order chi connectivity index (χ1) is 8.08. The number of amidine groups is 1. The third-order valence-corrected chi connectivity index (χ3v) is 4.20. The van der Waals surface area contributed by atoms with Crippen molar-refractivity contribution in [1.29, 1.82) is 5.41 Å². The number of hydrogen-bond acceptors (Lipinski definition) is 3. The van der Waals surface area contributed by atoms with Crippen molar-refractivity contribution >= 4 is 34.9 Å². The summed E-state index contributed by atoms with van der Waals surface area (Å²) in [7, 11) is 0. The Morgan fingerprint density at radius 3 is 3.00 bits per heavy atom. The van der Waals surface area contributed by atoms with Crippen LogP contribution in [0.3, 0.4) is 0 Å². The summed E-state index contributed by atoms with van der Waals surface area (Å²) in [6.07, 6.45) is 0. The Balaban J connectivity index is 2.33. The highest BCUT2D eigenvalue weighted by molar-refractivity contribution is 8.00. The van der Waals surface area contributed by atoms with E-state index in [1.165, 1.54) is 0 Å². The summed E-state index contributed by atoms with van der Waals surface area (Å²) in [4.78, 5) is 2.29. The molecule has 3 nitrogen and oxygen atoms in total. The molecular weight excluding hydrogens is 254 g/mol. The van der Waals surface area contributed by atoms with Gasteiger partial charge in [-0.05, 0) is 18.2 Å². The van der Waals surface area contributed by atoms with Gasteiger partial charge < -0.3 is 10.6 Å². The molecule has 5 heteroatoms. The van der Waals surface area contributed by atoms with Gasteiger partial charge in [0.1, 0.15) is 5.84 Å². The molecule has 0 saturated carbocycles. The third kappa shape index (κ3) is 2.87. The van der Waals surface area contributed by atoms with Crippen LogP contribution in [0.2, 0.25) is 5.02 Å². The Labute approximate surface area is 111 Å². The van der Waals surface area contributed by atoms with E-state index < -0.39 is 0 Å². The topological polar surface area (TPSA) is 53.1 Å². The third-order valence-electron chi connectivity index (χ3n) is 2.83. The summed E-state index contributed by atoms with van der Waals surface area (Å²) in [6, 6.07) is 5.59. The number of benzene rings is 1. The highest BCUT2D eigenvalue weighted by atomic mass is 35.5. The predicted molar refractivity (Wildman–Crippen MR) is 76.6 cm³/mol. The van der Waals surface area contributed by atoms with Gasteiger partial charge in [0.2, 0.25) is 0 Å². The Hall–Kier alpha value is -0.870. The van der Waals surface area contributed by atoms with Gasteiger partial charge in [-0.15, -0.1) is 0 Å². The molecule has 0 bridgehead atoms. The van der Waals surface area contributed by atoms with E-state index in [2.05, 4.69) is 11.8 Å². The van der Waals surface area contributed by atoms with E-state index in [1.54, 1.807) is 6.07 Å². The SMILES string of the molecule is CC1CN(c2ccc(Cl)cc2C(=N)N)CCS1. The van der Waals surface area contributed by atoms with E-state index in [0.29, 0.717) is 10.3 Å². The van der Waals surface area contributed by atoms with Crippen LogP contribution in [0, 0.1) is 5.41 Å². The predicted octanol–water partition coefficient (Wildman–Crippen LogP) is 2.57. The van der Waals surface area contributed by atoms with Gasteiger partial charge in [-0.2, -0.15) is 11.8 Å². The van der Waals surface area contributed by atoms with Gasteiger partial charge in [0.25, 0.3) is 0 Å². The lowest BCUT2D eigenvalue weighted by Gasteiger charge is -2.33. The molecule has 1 fully saturated rings. The molecule has 2 rings (SSSR count). The number of nitrogens with two attached hydrogens (primary N) is 1. The van der Waals surface area contributed by atoms with Crippen LogP contribution in [0.4, 0.5) is 5.69 Å². The molecule has 1 heterocycles. The lowest BCUT2D eigenvalue weighted by Crippen LogP contribution is -2.37. The molecule has 92 valence electrons. The summed E-state index contributed by atoms with van der Waals surface area (Å²) in [6.45, 7) is 4.21. The van der Waals surface area contributed by atoms with Crippen LogP contribution in [0.15, 0.2) is 18.2 Å². The van der Waals surface area contributed by atoms with E-state index in [1.807, 2.05) is 23.9 Å². The fourth-order valence-corrected chi connectivity index (χ4v) is 3.22. The van der Waals surface area contributed by atoms with Crippen molar-refractivity contribution in [1.82, 2.24) is 0 Å². The van der Waals surface area contributed by atoms with Crippen molar-refractivity contribution in [3.05, 3.63) is 28.8 Å². The van der Waals surface area contributed by atoms with Gasteiger partial charge in [-0.1, -0.05) is 18.5 Å². The zero-order valence-electron chi connectivity index (χ0n) is 9.74. The molecule has 1 aromatic rings. The van der Waals surface area contributed by atoms with Crippen LogP contribution in [0.5, 0.6) is 0 Å². The summed E-state index contributed by atoms with van der Waals surface area (Å²) < 4.78 is 0. The molecule has 3 N–H and O–H groups in total. The number of halogens is 1. The van der Waals surface area contributed by atoms with Crippen LogP contribution < -0.4 is 10.6 Å². The van der Waals surface area contributed by atoms with E-state index in [4.69, 9.17) is 22.7 Å². The standard InChI is InChI=1S/C12H16ClN3S/c1-8-7-16(4-5-17-8)11-3-2-9(13)6-10(11)12(14)15/h2-3,6,8H,4-5,7H2,1H3,(H3,14,15). The Bertz CT molecular complexity index is 436. The zero-order chi connectivity index (χ0) is 12.4. The number of thioether (sulfide) groups is 1. The second-order valence-electron chi connectivity index (χ2n) is 4.20. The number of nitrogens with one attached hydrogen (secondary N) is 1. The number of anilines is 1. The van der Waals surface area contributed by atoms with E-state index in [-0.39, 0.29) is 5.84 Å². The first-order valence-corrected chi connectivity index (χ1v) is 7.01. The smallest absolute Gasteiger partial charge is 0.124 e. The van der Waals surface area contributed by atoms with Crippen LogP contribution in [0.25, 0.3) is 0 Å². The van der Waals surface area contributed by atoms with Gasteiger partial charge in [-0.3, -0.25) is 5.41 Å². The lowest BCUT2D eigenvalue weighted by atomic mass is 10.1.